The van der Waals surface area contributed by atoms with Crippen molar-refractivity contribution in [1.29, 1.82) is 0 Å². The van der Waals surface area contributed by atoms with Crippen LogP contribution in [0.5, 0.6) is 0 Å². The fourth-order valence-corrected chi connectivity index (χ4v) is 3.38. The number of nitrogens with one attached hydrogen (secondary N) is 2. The lowest BCUT2D eigenvalue weighted by atomic mass is 10.0. The van der Waals surface area contributed by atoms with E-state index < -0.39 is 11.7 Å². The molecule has 0 saturated carbocycles. The number of rotatable bonds is 9. The molecule has 0 aliphatic rings. The van der Waals surface area contributed by atoms with Gasteiger partial charge in [-0.2, -0.15) is 18.2 Å². The van der Waals surface area contributed by atoms with Gasteiger partial charge in [0.25, 0.3) is 0 Å². The smallest absolute Gasteiger partial charge is 0.339 e. The summed E-state index contributed by atoms with van der Waals surface area (Å²) in [7, 11) is 0. The highest BCUT2D eigenvalue weighted by atomic mass is 19.4. The number of aryl methyl sites for hydroxylation is 1. The molecule has 3 rings (SSSR count). The van der Waals surface area contributed by atoms with Gasteiger partial charge in [0.05, 0.1) is 0 Å². The standard InChI is InChI=1S/C25H29F3N4/c1-4-5-6-9-19-10-7-8-11-22(19)31-23-21(25(26,27)28)16-29-24(32-23)30-20-14-12-18(13-15-20)17(2)3/h7-8,10-17H,4-6,9H2,1-3H3,(H2,29,30,31,32). The molecule has 2 aromatic carbocycles. The summed E-state index contributed by atoms with van der Waals surface area (Å²) in [6, 6.07) is 15.1. The zero-order chi connectivity index (χ0) is 23.1. The molecule has 0 saturated heterocycles. The normalized spacial score (nSPS) is 11.6. The van der Waals surface area contributed by atoms with Crippen LogP contribution in [0, 0.1) is 0 Å². The Bertz CT molecular complexity index is 1010. The Hall–Kier alpha value is -3.09. The first-order valence-electron chi connectivity index (χ1n) is 10.9. The lowest BCUT2D eigenvalue weighted by Gasteiger charge is -2.17. The number of anilines is 4. The number of unbranched alkanes of at least 4 members (excludes halogenated alkanes) is 2. The molecule has 0 amide bonds. The highest BCUT2D eigenvalue weighted by Gasteiger charge is 2.35. The third kappa shape index (κ3) is 6.22. The van der Waals surface area contributed by atoms with Gasteiger partial charge >= 0.3 is 6.18 Å². The molecule has 1 heterocycles. The van der Waals surface area contributed by atoms with E-state index in [1.807, 2.05) is 36.4 Å². The molecule has 0 spiro atoms. The van der Waals surface area contributed by atoms with Crippen molar-refractivity contribution in [3.8, 4) is 0 Å². The van der Waals surface area contributed by atoms with Gasteiger partial charge in [-0.1, -0.05) is 63.9 Å². The molecule has 4 nitrogen and oxygen atoms in total. The van der Waals surface area contributed by atoms with E-state index >= 15 is 0 Å². The predicted molar refractivity (Wildman–Crippen MR) is 124 cm³/mol. The zero-order valence-electron chi connectivity index (χ0n) is 18.6. The maximum atomic E-state index is 13.6. The van der Waals surface area contributed by atoms with Gasteiger partial charge in [-0.3, -0.25) is 0 Å². The molecule has 0 radical (unpaired) electrons. The number of hydrogen-bond acceptors (Lipinski definition) is 4. The number of halogens is 3. The summed E-state index contributed by atoms with van der Waals surface area (Å²) >= 11 is 0. The maximum absolute atomic E-state index is 13.6. The summed E-state index contributed by atoms with van der Waals surface area (Å²) in [6.45, 7) is 6.31. The average molecular weight is 443 g/mol. The number of aromatic nitrogens is 2. The molecule has 0 unspecified atom stereocenters. The second-order valence-electron chi connectivity index (χ2n) is 8.09. The Labute approximate surface area is 187 Å². The van der Waals surface area contributed by atoms with Crippen LogP contribution in [0.15, 0.2) is 54.7 Å². The lowest BCUT2D eigenvalue weighted by Crippen LogP contribution is -2.13. The van der Waals surface area contributed by atoms with Gasteiger partial charge in [0.2, 0.25) is 5.95 Å². The van der Waals surface area contributed by atoms with E-state index in [2.05, 4.69) is 41.4 Å². The van der Waals surface area contributed by atoms with E-state index in [0.717, 1.165) is 37.4 Å². The topological polar surface area (TPSA) is 49.8 Å². The number of benzene rings is 2. The van der Waals surface area contributed by atoms with Crippen molar-refractivity contribution in [2.75, 3.05) is 10.6 Å². The highest BCUT2D eigenvalue weighted by Crippen LogP contribution is 2.36. The van der Waals surface area contributed by atoms with Gasteiger partial charge in [-0.05, 0) is 48.1 Å². The van der Waals surface area contributed by atoms with Gasteiger partial charge in [-0.25, -0.2) is 4.98 Å². The number of alkyl halides is 3. The van der Waals surface area contributed by atoms with Crippen molar-refractivity contribution in [2.24, 2.45) is 0 Å². The molecule has 0 fully saturated rings. The Kier molecular flexibility index (Phi) is 7.72. The Morgan fingerprint density at radius 1 is 0.938 bits per heavy atom. The third-order valence-electron chi connectivity index (χ3n) is 5.25. The summed E-state index contributed by atoms with van der Waals surface area (Å²) in [5, 5.41) is 5.92. The van der Waals surface area contributed by atoms with Crippen molar-refractivity contribution in [1.82, 2.24) is 9.97 Å². The minimum absolute atomic E-state index is 0.0984. The second-order valence-corrected chi connectivity index (χ2v) is 8.09. The summed E-state index contributed by atoms with van der Waals surface area (Å²) < 4.78 is 40.9. The van der Waals surface area contributed by atoms with Crippen LogP contribution in [0.1, 0.15) is 62.6 Å². The first kappa shape index (κ1) is 23.6. The fourth-order valence-electron chi connectivity index (χ4n) is 3.38. The van der Waals surface area contributed by atoms with Gasteiger partial charge in [0.15, 0.2) is 0 Å². The Morgan fingerprint density at radius 3 is 2.31 bits per heavy atom. The van der Waals surface area contributed by atoms with Crippen molar-refractivity contribution in [3.05, 3.63) is 71.4 Å². The number of nitrogens with zero attached hydrogens (tertiary/aromatic N) is 2. The van der Waals surface area contributed by atoms with Crippen molar-refractivity contribution >= 4 is 23.1 Å². The minimum Gasteiger partial charge on any atom is -0.339 e. The molecule has 0 aliphatic heterocycles. The Balaban J connectivity index is 1.89. The number of hydrogen-bond donors (Lipinski definition) is 2. The van der Waals surface area contributed by atoms with Crippen molar-refractivity contribution < 1.29 is 13.2 Å². The van der Waals surface area contributed by atoms with Crippen molar-refractivity contribution in [3.63, 3.8) is 0 Å². The first-order valence-corrected chi connectivity index (χ1v) is 10.9. The molecule has 7 heteroatoms. The molecule has 0 aliphatic carbocycles. The predicted octanol–water partition coefficient (Wildman–Crippen LogP) is 7.84. The summed E-state index contributed by atoms with van der Waals surface area (Å²) in [6.07, 6.45) is 0.157. The van der Waals surface area contributed by atoms with Gasteiger partial charge in [0, 0.05) is 17.6 Å². The largest absolute Gasteiger partial charge is 0.421 e. The first-order chi connectivity index (χ1) is 15.3. The molecule has 1 aromatic heterocycles. The van der Waals surface area contributed by atoms with Gasteiger partial charge in [-0.15, -0.1) is 0 Å². The summed E-state index contributed by atoms with van der Waals surface area (Å²) in [5.41, 5.74) is 2.57. The van der Waals surface area contributed by atoms with E-state index in [-0.39, 0.29) is 11.8 Å². The van der Waals surface area contributed by atoms with Crippen LogP contribution >= 0.6 is 0 Å². The second kappa shape index (κ2) is 10.5. The van der Waals surface area contributed by atoms with Crippen LogP contribution in [0.25, 0.3) is 0 Å². The van der Waals surface area contributed by atoms with E-state index in [1.54, 1.807) is 12.1 Å². The van der Waals surface area contributed by atoms with E-state index in [9.17, 15) is 13.2 Å². The van der Waals surface area contributed by atoms with Crippen LogP contribution in [-0.4, -0.2) is 9.97 Å². The third-order valence-corrected chi connectivity index (χ3v) is 5.25. The number of para-hydroxylation sites is 1. The highest BCUT2D eigenvalue weighted by molar-refractivity contribution is 5.65. The van der Waals surface area contributed by atoms with Gasteiger partial charge in [0.1, 0.15) is 11.4 Å². The van der Waals surface area contributed by atoms with Gasteiger partial charge < -0.3 is 10.6 Å². The van der Waals surface area contributed by atoms with E-state index in [4.69, 9.17) is 0 Å². The molecule has 2 N–H and O–H groups in total. The molecular weight excluding hydrogens is 413 g/mol. The van der Waals surface area contributed by atoms with Crippen LogP contribution in [0.4, 0.5) is 36.3 Å². The Morgan fingerprint density at radius 2 is 1.66 bits per heavy atom. The summed E-state index contributed by atoms with van der Waals surface area (Å²) in [5.74, 6) is 0.220. The average Bonchev–Trinajstić information content (AvgIpc) is 2.75. The SMILES string of the molecule is CCCCCc1ccccc1Nc1nc(Nc2ccc(C(C)C)cc2)ncc1C(F)(F)F. The molecular formula is C25H29F3N4. The lowest BCUT2D eigenvalue weighted by molar-refractivity contribution is -0.137. The zero-order valence-corrected chi connectivity index (χ0v) is 18.6. The van der Waals surface area contributed by atoms with E-state index in [0.29, 0.717) is 17.3 Å². The maximum Gasteiger partial charge on any atom is 0.421 e. The molecule has 3 aromatic rings. The fraction of sp³-hybridized carbons (Fsp3) is 0.360. The molecule has 170 valence electrons. The summed E-state index contributed by atoms with van der Waals surface area (Å²) in [4.78, 5) is 8.07. The van der Waals surface area contributed by atoms with Crippen molar-refractivity contribution in [2.45, 2.75) is 58.5 Å². The molecule has 0 bridgehead atoms. The molecule has 32 heavy (non-hydrogen) atoms. The van der Waals surface area contributed by atoms with E-state index in [1.165, 1.54) is 5.56 Å². The van der Waals surface area contributed by atoms with Crippen LogP contribution in [0.3, 0.4) is 0 Å². The van der Waals surface area contributed by atoms with Crippen LogP contribution < -0.4 is 10.6 Å². The molecule has 0 atom stereocenters. The monoisotopic (exact) mass is 442 g/mol. The minimum atomic E-state index is -4.57. The quantitative estimate of drug-likeness (QED) is 0.331. The van der Waals surface area contributed by atoms with Crippen LogP contribution in [-0.2, 0) is 12.6 Å². The van der Waals surface area contributed by atoms with Crippen LogP contribution in [0.2, 0.25) is 0 Å².